The van der Waals surface area contributed by atoms with Gasteiger partial charge in [0.25, 0.3) is 5.91 Å². The number of ether oxygens (including phenoxy) is 2. The molecule has 0 spiro atoms. The highest BCUT2D eigenvalue weighted by atomic mass is 16.5. The summed E-state index contributed by atoms with van der Waals surface area (Å²) in [6, 6.07) is 9.17. The third kappa shape index (κ3) is 5.78. The fourth-order valence-corrected chi connectivity index (χ4v) is 3.81. The van der Waals surface area contributed by atoms with Crippen molar-refractivity contribution in [2.24, 2.45) is 0 Å². The van der Waals surface area contributed by atoms with E-state index in [2.05, 4.69) is 10.6 Å². The number of likely N-dealkylation sites (N-methyl/N-ethyl adjacent to an activating group) is 1. The number of aliphatic carboxylic acids is 1. The molecule has 1 heterocycles. The molecule has 2 aromatic carbocycles. The molecule has 0 radical (unpaired) electrons. The number of carbonyl (C=O) groups is 4. The second kappa shape index (κ2) is 10.7. The molecule has 1 aliphatic rings. The smallest absolute Gasteiger partial charge is 0.316 e. The first-order chi connectivity index (χ1) is 16.6. The van der Waals surface area contributed by atoms with Crippen LogP contribution in [0.25, 0.3) is 11.1 Å². The molecule has 10 heteroatoms. The van der Waals surface area contributed by atoms with Crippen LogP contribution < -0.4 is 20.1 Å². The number of urea groups is 1. The highest BCUT2D eigenvalue weighted by Gasteiger charge is 2.35. The van der Waals surface area contributed by atoms with Crippen molar-refractivity contribution < 1.29 is 33.8 Å². The molecule has 0 fully saturated rings. The van der Waals surface area contributed by atoms with E-state index in [1.807, 2.05) is 12.1 Å². The molecule has 0 saturated heterocycles. The van der Waals surface area contributed by atoms with E-state index in [9.17, 15) is 24.3 Å². The van der Waals surface area contributed by atoms with Crippen molar-refractivity contribution in [1.29, 1.82) is 0 Å². The zero-order chi connectivity index (χ0) is 25.7. The Bertz CT molecular complexity index is 1190. The first-order valence-corrected chi connectivity index (χ1v) is 10.7. The number of nitrogens with zero attached hydrogens (tertiary/aromatic N) is 1. The molecule has 0 aromatic heterocycles. The predicted octanol–water partition coefficient (Wildman–Crippen LogP) is 2.50. The second-order valence-electron chi connectivity index (χ2n) is 8.02. The van der Waals surface area contributed by atoms with Gasteiger partial charge in [-0.15, -0.1) is 0 Å². The minimum absolute atomic E-state index is 0.320. The molecule has 0 aliphatic carbocycles. The Morgan fingerprint density at radius 2 is 1.86 bits per heavy atom. The lowest BCUT2D eigenvalue weighted by atomic mass is 9.97. The molecule has 3 rings (SSSR count). The number of carboxylic acids is 1. The normalized spacial score (nSPS) is 16.3. The number of amides is 3. The first-order valence-electron chi connectivity index (χ1n) is 10.7. The van der Waals surface area contributed by atoms with Crippen molar-refractivity contribution in [3.8, 4) is 22.6 Å². The maximum absolute atomic E-state index is 12.7. The average Bonchev–Trinajstić information content (AvgIpc) is 2.84. The van der Waals surface area contributed by atoms with Crippen LogP contribution in [0, 0.1) is 0 Å². The van der Waals surface area contributed by atoms with Crippen molar-refractivity contribution in [2.45, 2.75) is 25.4 Å². The topological polar surface area (TPSA) is 134 Å². The number of Topliss-reactive ketones (excluding diaryl/α,β-unsaturated/α-hetero) is 1. The van der Waals surface area contributed by atoms with Gasteiger partial charge < -0.3 is 30.1 Å². The lowest BCUT2D eigenvalue weighted by Crippen LogP contribution is -2.56. The minimum atomic E-state index is -1.38. The van der Waals surface area contributed by atoms with Crippen LogP contribution in [-0.4, -0.2) is 61.0 Å². The van der Waals surface area contributed by atoms with E-state index in [0.717, 1.165) is 11.1 Å². The highest BCUT2D eigenvalue weighted by molar-refractivity contribution is 6.16. The minimum Gasteiger partial charge on any atom is -0.497 e. The molecule has 3 amide bonds. The summed E-state index contributed by atoms with van der Waals surface area (Å²) in [5.41, 5.74) is 2.32. The number of carbonyl (C=O) groups excluding carboxylic acids is 3. The Balaban J connectivity index is 1.86. The maximum Gasteiger partial charge on any atom is 0.316 e. The summed E-state index contributed by atoms with van der Waals surface area (Å²) >= 11 is 0. The number of rotatable bonds is 8. The van der Waals surface area contributed by atoms with Gasteiger partial charge in [0.15, 0.2) is 11.8 Å². The van der Waals surface area contributed by atoms with Crippen LogP contribution >= 0.6 is 0 Å². The van der Waals surface area contributed by atoms with E-state index in [1.165, 1.54) is 25.3 Å². The van der Waals surface area contributed by atoms with Crippen molar-refractivity contribution in [1.82, 2.24) is 15.5 Å². The zero-order valence-electron chi connectivity index (χ0n) is 19.8. The van der Waals surface area contributed by atoms with Crippen LogP contribution in [-0.2, 0) is 14.4 Å². The molecular weight excluding hydrogens is 454 g/mol. The Morgan fingerprint density at radius 3 is 2.51 bits per heavy atom. The summed E-state index contributed by atoms with van der Waals surface area (Å²) in [4.78, 5) is 50.2. The van der Waals surface area contributed by atoms with E-state index in [-0.39, 0.29) is 0 Å². The van der Waals surface area contributed by atoms with E-state index in [4.69, 9.17) is 9.47 Å². The molecule has 1 aliphatic heterocycles. The maximum atomic E-state index is 12.7. The Labute approximate surface area is 202 Å². The van der Waals surface area contributed by atoms with Gasteiger partial charge in [0.05, 0.1) is 26.7 Å². The van der Waals surface area contributed by atoms with Gasteiger partial charge in [-0.25, -0.2) is 4.79 Å². The third-order valence-electron chi connectivity index (χ3n) is 5.60. The van der Waals surface area contributed by atoms with Crippen molar-refractivity contribution >= 4 is 23.7 Å². The summed E-state index contributed by atoms with van der Waals surface area (Å²) in [6.45, 7) is 1.55. The third-order valence-corrected chi connectivity index (χ3v) is 5.60. The second-order valence-corrected chi connectivity index (χ2v) is 8.02. The number of hydrogen-bond acceptors (Lipinski definition) is 6. The number of carboxylic acid groups (broad SMARTS) is 1. The Morgan fingerprint density at radius 1 is 1.11 bits per heavy atom. The predicted molar refractivity (Wildman–Crippen MR) is 127 cm³/mol. The molecule has 2 unspecified atom stereocenters. The van der Waals surface area contributed by atoms with Crippen LogP contribution in [0.15, 0.2) is 54.2 Å². The van der Waals surface area contributed by atoms with Crippen LogP contribution in [0.1, 0.15) is 24.9 Å². The summed E-state index contributed by atoms with van der Waals surface area (Å²) in [7, 11) is 4.56. The van der Waals surface area contributed by atoms with Crippen LogP contribution in [0.5, 0.6) is 11.5 Å². The van der Waals surface area contributed by atoms with Crippen molar-refractivity contribution in [3.05, 3.63) is 59.8 Å². The van der Waals surface area contributed by atoms with E-state index in [1.54, 1.807) is 44.4 Å². The molecule has 184 valence electrons. The zero-order valence-corrected chi connectivity index (χ0v) is 19.8. The van der Waals surface area contributed by atoms with Gasteiger partial charge in [0.1, 0.15) is 11.5 Å². The molecular formula is C25H27N3O7. The molecule has 0 saturated carbocycles. The standard InChI is InChI=1S/C25H27N3O7/c1-14-13-28(2)24(32)22(23(14)31)27-25(33)26-19(12-21(29)30)16-7-5-6-15(10-16)18-9-8-17(34-3)11-20(18)35-4/h5-11,13,19,22H,12H2,1-4H3,(H,29,30)(H2,26,27,33). The van der Waals surface area contributed by atoms with Crippen LogP contribution in [0.3, 0.4) is 0 Å². The molecule has 0 bridgehead atoms. The van der Waals surface area contributed by atoms with E-state index in [0.29, 0.717) is 22.6 Å². The van der Waals surface area contributed by atoms with Gasteiger partial charge in [-0.1, -0.05) is 18.2 Å². The summed E-state index contributed by atoms with van der Waals surface area (Å²) in [5.74, 6) is -1.06. The summed E-state index contributed by atoms with van der Waals surface area (Å²) < 4.78 is 10.7. The van der Waals surface area contributed by atoms with Crippen LogP contribution in [0.4, 0.5) is 4.79 Å². The molecule has 2 atom stereocenters. The monoisotopic (exact) mass is 481 g/mol. The van der Waals surface area contributed by atoms with Gasteiger partial charge >= 0.3 is 12.0 Å². The van der Waals surface area contributed by atoms with Gasteiger partial charge in [-0.05, 0) is 36.2 Å². The summed E-state index contributed by atoms with van der Waals surface area (Å²) in [5, 5.41) is 14.4. The fraction of sp³-hybridized carbons (Fsp3) is 0.280. The quantitative estimate of drug-likeness (QED) is 0.493. The fourth-order valence-electron chi connectivity index (χ4n) is 3.81. The Kier molecular flexibility index (Phi) is 7.75. The summed E-state index contributed by atoms with van der Waals surface area (Å²) in [6.07, 6.45) is 0.981. The van der Waals surface area contributed by atoms with Gasteiger partial charge in [0.2, 0.25) is 0 Å². The van der Waals surface area contributed by atoms with Gasteiger partial charge in [-0.2, -0.15) is 0 Å². The highest BCUT2D eigenvalue weighted by Crippen LogP contribution is 2.34. The van der Waals surface area contributed by atoms with Crippen molar-refractivity contribution in [3.63, 3.8) is 0 Å². The average molecular weight is 482 g/mol. The number of methoxy groups -OCH3 is 2. The molecule has 35 heavy (non-hydrogen) atoms. The van der Waals surface area contributed by atoms with Gasteiger partial charge in [-0.3, -0.25) is 14.4 Å². The molecule has 3 N–H and O–H groups in total. The molecule has 2 aromatic rings. The first kappa shape index (κ1) is 25.3. The SMILES string of the molecule is COc1ccc(-c2cccc(C(CC(=O)O)NC(=O)NC3C(=O)C(C)=CN(C)C3=O)c2)c(OC)c1. The van der Waals surface area contributed by atoms with Gasteiger partial charge in [0, 0.05) is 30.5 Å². The lowest BCUT2D eigenvalue weighted by Gasteiger charge is -2.27. The Hall–Kier alpha value is -4.34. The largest absolute Gasteiger partial charge is 0.497 e. The van der Waals surface area contributed by atoms with Crippen LogP contribution in [0.2, 0.25) is 0 Å². The number of benzene rings is 2. The van der Waals surface area contributed by atoms with E-state index < -0.39 is 42.2 Å². The number of ketones is 1. The van der Waals surface area contributed by atoms with Crippen molar-refractivity contribution in [2.75, 3.05) is 21.3 Å². The number of nitrogens with one attached hydrogen (secondary N) is 2. The molecule has 10 nitrogen and oxygen atoms in total. The van der Waals surface area contributed by atoms with E-state index >= 15 is 0 Å². The number of hydrogen-bond donors (Lipinski definition) is 3. The lowest BCUT2D eigenvalue weighted by molar-refractivity contribution is -0.138.